The molecule has 1 heterocycles. The predicted octanol–water partition coefficient (Wildman–Crippen LogP) is 3.23. The smallest absolute Gasteiger partial charge is 0.287 e. The molecule has 0 saturated heterocycles. The van der Waals surface area contributed by atoms with E-state index >= 15 is 0 Å². The van der Waals surface area contributed by atoms with Gasteiger partial charge in [0.1, 0.15) is 6.07 Å². The number of nitro groups is 8. The van der Waals surface area contributed by atoms with E-state index in [-0.39, 0.29) is 6.07 Å². The summed E-state index contributed by atoms with van der Waals surface area (Å²) in [5.74, 6) is -2.18. The lowest BCUT2D eigenvalue weighted by Gasteiger charge is -2.13. The maximum atomic E-state index is 11.6. The molecule has 0 bridgehead atoms. The van der Waals surface area contributed by atoms with Crippen molar-refractivity contribution in [2.75, 3.05) is 21.7 Å². The highest BCUT2D eigenvalue weighted by atomic mass is 16.7. The van der Waals surface area contributed by atoms with Gasteiger partial charge in [-0.05, 0) is 0 Å². The lowest BCUT2D eigenvalue weighted by Crippen LogP contribution is -2.18. The third-order valence-electron chi connectivity index (χ3n) is 5.36. The van der Waals surface area contributed by atoms with Gasteiger partial charge in [-0.2, -0.15) is 4.98 Å². The topological polar surface area (TPSA) is 406 Å². The Morgan fingerprint density at radius 3 is 0.848 bits per heavy atom. The lowest BCUT2D eigenvalue weighted by molar-refractivity contribution is -0.402. The van der Waals surface area contributed by atoms with Gasteiger partial charge in [0.2, 0.25) is 23.0 Å². The summed E-state index contributed by atoms with van der Waals surface area (Å²) in [5, 5.41) is 91.4. The highest BCUT2D eigenvalue weighted by Gasteiger charge is 2.34. The Morgan fingerprint density at radius 2 is 0.630 bits per heavy atom. The number of hydrazine groups is 2. The van der Waals surface area contributed by atoms with Crippen LogP contribution in [0.25, 0.3) is 0 Å². The molecule has 238 valence electrons. The van der Waals surface area contributed by atoms with Crippen LogP contribution in [0, 0.1) is 80.9 Å². The molecule has 1 aromatic heterocycles. The van der Waals surface area contributed by atoms with E-state index in [9.17, 15) is 80.9 Å². The molecule has 0 radical (unpaired) electrons. The largest absolute Gasteiger partial charge is 0.320 e. The van der Waals surface area contributed by atoms with Crippen molar-refractivity contribution in [1.29, 1.82) is 0 Å². The Labute approximate surface area is 246 Å². The van der Waals surface area contributed by atoms with Crippen LogP contribution >= 0.6 is 0 Å². The number of hydrogen-bond acceptors (Lipinski definition) is 21. The average Bonchev–Trinajstić information content (AvgIpc) is 2.97. The Morgan fingerprint density at radius 1 is 0.370 bits per heavy atom. The standard InChI is InChI=1S/C17H9N13O16/c31-23(32)6-1-8(25(35)36)14(9(2-6)26(37)38)19-21-16-12(29(43)44)5-13(30(45)46)17(18-16)22-20-15-10(27(39)40)3-7(24(33)34)4-11(15)28(41)42/h1-5,19-20H,(H2,18,21,22). The van der Waals surface area contributed by atoms with Crippen LogP contribution in [0.2, 0.25) is 0 Å². The molecule has 0 spiro atoms. The van der Waals surface area contributed by atoms with Crippen LogP contribution in [0.3, 0.4) is 0 Å². The van der Waals surface area contributed by atoms with Crippen LogP contribution in [0.4, 0.5) is 68.5 Å². The van der Waals surface area contributed by atoms with E-state index in [1.807, 2.05) is 21.7 Å². The summed E-state index contributed by atoms with van der Waals surface area (Å²) in [6.07, 6.45) is 0. The van der Waals surface area contributed by atoms with Gasteiger partial charge >= 0.3 is 34.1 Å². The van der Waals surface area contributed by atoms with Crippen LogP contribution in [0.15, 0.2) is 30.3 Å². The van der Waals surface area contributed by atoms with E-state index < -0.39 is 108 Å². The summed E-state index contributed by atoms with van der Waals surface area (Å²) >= 11 is 0. The van der Waals surface area contributed by atoms with E-state index in [2.05, 4.69) is 4.98 Å². The number of hydrogen-bond donors (Lipinski definition) is 4. The Bertz CT molecular complexity index is 1700. The lowest BCUT2D eigenvalue weighted by atomic mass is 10.2. The van der Waals surface area contributed by atoms with Gasteiger partial charge in [0, 0.05) is 0 Å². The predicted molar refractivity (Wildman–Crippen MR) is 145 cm³/mol. The van der Waals surface area contributed by atoms with Crippen molar-refractivity contribution >= 4 is 68.5 Å². The van der Waals surface area contributed by atoms with Gasteiger partial charge in [0.25, 0.3) is 11.4 Å². The molecular formula is C17H9N13O16. The zero-order valence-corrected chi connectivity index (χ0v) is 21.4. The van der Waals surface area contributed by atoms with Crippen LogP contribution in [-0.2, 0) is 0 Å². The molecule has 0 saturated carbocycles. The number of non-ortho nitro benzene ring substituents is 2. The summed E-state index contributed by atoms with van der Waals surface area (Å²) in [6.45, 7) is 0. The van der Waals surface area contributed by atoms with Gasteiger partial charge in [-0.3, -0.25) is 103 Å². The van der Waals surface area contributed by atoms with Crippen molar-refractivity contribution in [3.05, 3.63) is 111 Å². The first kappa shape index (κ1) is 32.5. The van der Waals surface area contributed by atoms with Crippen LogP contribution in [0.5, 0.6) is 0 Å². The minimum atomic E-state index is -1.29. The average molecular weight is 651 g/mol. The van der Waals surface area contributed by atoms with E-state index in [0.29, 0.717) is 24.3 Å². The number of nitro benzene ring substituents is 6. The maximum Gasteiger partial charge on any atom is 0.320 e. The molecule has 0 aliphatic rings. The second-order valence-electron chi connectivity index (χ2n) is 8.00. The fourth-order valence-electron chi connectivity index (χ4n) is 3.44. The number of pyridine rings is 1. The van der Waals surface area contributed by atoms with Gasteiger partial charge in [0.05, 0.1) is 63.7 Å². The van der Waals surface area contributed by atoms with Crippen molar-refractivity contribution in [2.45, 2.75) is 0 Å². The van der Waals surface area contributed by atoms with Gasteiger partial charge in [-0.1, -0.05) is 0 Å². The SMILES string of the molecule is O=[N+]([O-])c1cc([N+](=O)[O-])c(NNc2nc(NNc3c([N+](=O)[O-])cc([N+](=O)[O-])cc3[N+](=O)[O-])c([N+](=O)[O-])cc2[N+](=O)[O-])c([N+](=O)[O-])c1. The minimum Gasteiger partial charge on any atom is -0.287 e. The zero-order valence-electron chi connectivity index (χ0n) is 21.4. The molecule has 3 rings (SSSR count). The number of benzene rings is 2. The molecule has 46 heavy (non-hydrogen) atoms. The normalized spacial score (nSPS) is 10.3. The first-order valence-electron chi connectivity index (χ1n) is 11.0. The van der Waals surface area contributed by atoms with Crippen LogP contribution in [0.1, 0.15) is 0 Å². The van der Waals surface area contributed by atoms with Crippen molar-refractivity contribution in [3.8, 4) is 0 Å². The Balaban J connectivity index is 2.16. The minimum absolute atomic E-state index is 0.221. The van der Waals surface area contributed by atoms with Crippen molar-refractivity contribution in [3.63, 3.8) is 0 Å². The summed E-state index contributed by atoms with van der Waals surface area (Å²) in [4.78, 5) is 84.9. The molecule has 0 fully saturated rings. The maximum absolute atomic E-state index is 11.6. The molecule has 29 heteroatoms. The number of anilines is 4. The molecule has 0 aliphatic heterocycles. The van der Waals surface area contributed by atoms with Gasteiger partial charge in [-0.25, -0.2) is 0 Å². The molecular weight excluding hydrogens is 642 g/mol. The third kappa shape index (κ3) is 6.55. The number of aromatic nitrogens is 1. The van der Waals surface area contributed by atoms with Crippen molar-refractivity contribution < 1.29 is 39.4 Å². The molecule has 3 aromatic rings. The molecule has 0 unspecified atom stereocenters. The zero-order chi connectivity index (χ0) is 34.6. The van der Waals surface area contributed by atoms with E-state index in [4.69, 9.17) is 0 Å². The fourth-order valence-corrected chi connectivity index (χ4v) is 3.44. The summed E-state index contributed by atoms with van der Waals surface area (Å²) < 4.78 is 0. The summed E-state index contributed by atoms with van der Waals surface area (Å²) in [5.41, 5.74) is -4.57. The third-order valence-corrected chi connectivity index (χ3v) is 5.36. The van der Waals surface area contributed by atoms with Gasteiger partial charge in [0.15, 0.2) is 0 Å². The Kier molecular flexibility index (Phi) is 8.81. The van der Waals surface area contributed by atoms with Gasteiger partial charge in [-0.15, -0.1) is 0 Å². The highest BCUT2D eigenvalue weighted by Crippen LogP contribution is 2.41. The highest BCUT2D eigenvalue weighted by molar-refractivity contribution is 5.81. The first-order valence-corrected chi connectivity index (χ1v) is 11.0. The van der Waals surface area contributed by atoms with Crippen LogP contribution < -0.4 is 21.7 Å². The van der Waals surface area contributed by atoms with E-state index in [1.165, 1.54) is 0 Å². The molecule has 0 amide bonds. The summed E-state index contributed by atoms with van der Waals surface area (Å²) in [7, 11) is 0. The van der Waals surface area contributed by atoms with E-state index in [0.717, 1.165) is 0 Å². The molecule has 4 N–H and O–H groups in total. The number of nitrogens with zero attached hydrogens (tertiary/aromatic N) is 9. The fraction of sp³-hybridized carbons (Fsp3) is 0. The summed E-state index contributed by atoms with van der Waals surface area (Å²) in [6, 6.07) is 1.43. The monoisotopic (exact) mass is 651 g/mol. The van der Waals surface area contributed by atoms with Gasteiger partial charge < -0.3 is 0 Å². The molecule has 0 aliphatic carbocycles. The molecule has 2 aromatic carbocycles. The van der Waals surface area contributed by atoms with Crippen molar-refractivity contribution in [1.82, 2.24) is 4.98 Å². The Hall–Kier alpha value is -8.01. The number of rotatable bonds is 14. The molecule has 0 atom stereocenters. The van der Waals surface area contributed by atoms with E-state index in [1.54, 1.807) is 0 Å². The second-order valence-corrected chi connectivity index (χ2v) is 8.00. The quantitative estimate of drug-likeness (QED) is 0.143. The van der Waals surface area contributed by atoms with Crippen LogP contribution in [-0.4, -0.2) is 44.4 Å². The number of nitrogens with one attached hydrogen (secondary N) is 4. The molecule has 29 nitrogen and oxygen atoms in total. The first-order chi connectivity index (χ1) is 21.4. The van der Waals surface area contributed by atoms with Crippen molar-refractivity contribution in [2.24, 2.45) is 0 Å². The second kappa shape index (κ2) is 12.5.